The zero-order chi connectivity index (χ0) is 17.8. The van der Waals surface area contributed by atoms with Gasteiger partial charge in [0.05, 0.1) is 25.1 Å². The number of hydrogen-bond donors (Lipinski definition) is 0. The van der Waals surface area contributed by atoms with Gasteiger partial charge in [0.25, 0.3) is 0 Å². The lowest BCUT2D eigenvalue weighted by Gasteiger charge is -2.44. The highest BCUT2D eigenvalue weighted by Crippen LogP contribution is 2.35. The molecule has 0 saturated carbocycles. The summed E-state index contributed by atoms with van der Waals surface area (Å²) in [5, 5.41) is 0. The van der Waals surface area contributed by atoms with Crippen LogP contribution in [0, 0.1) is 11.2 Å². The lowest BCUT2D eigenvalue weighted by Crippen LogP contribution is -2.50. The first-order valence-corrected chi connectivity index (χ1v) is 9.42. The molecule has 2 fully saturated rings. The van der Waals surface area contributed by atoms with Crippen molar-refractivity contribution in [3.05, 3.63) is 60.2 Å². The molecule has 2 aliphatic heterocycles. The van der Waals surface area contributed by atoms with Gasteiger partial charge in [-0.25, -0.2) is 4.39 Å². The second-order valence-corrected chi connectivity index (χ2v) is 7.63. The molecule has 2 aromatic rings. The second-order valence-electron chi connectivity index (χ2n) is 7.63. The highest BCUT2D eigenvalue weighted by molar-refractivity contribution is 5.44. The van der Waals surface area contributed by atoms with E-state index in [2.05, 4.69) is 20.9 Å². The molecule has 0 unspecified atom stereocenters. The maximum atomic E-state index is 13.2. The van der Waals surface area contributed by atoms with Crippen molar-refractivity contribution < 1.29 is 9.13 Å². The first-order chi connectivity index (χ1) is 12.7. The van der Waals surface area contributed by atoms with Gasteiger partial charge in [-0.15, -0.1) is 0 Å². The molecule has 1 aromatic heterocycles. The van der Waals surface area contributed by atoms with Crippen molar-refractivity contribution in [2.45, 2.75) is 19.4 Å². The third-order valence-corrected chi connectivity index (χ3v) is 5.51. The van der Waals surface area contributed by atoms with Crippen LogP contribution in [0.3, 0.4) is 0 Å². The minimum absolute atomic E-state index is 0.143. The van der Waals surface area contributed by atoms with Crippen LogP contribution in [0.5, 0.6) is 0 Å². The number of hydrogen-bond acceptors (Lipinski definition) is 4. The van der Waals surface area contributed by atoms with Crippen LogP contribution in [-0.2, 0) is 11.3 Å². The number of pyridine rings is 1. The van der Waals surface area contributed by atoms with Crippen LogP contribution >= 0.6 is 0 Å². The molecule has 0 N–H and O–H groups in total. The van der Waals surface area contributed by atoms with Gasteiger partial charge < -0.3 is 9.64 Å². The molecule has 0 amide bonds. The van der Waals surface area contributed by atoms with E-state index < -0.39 is 0 Å². The topological polar surface area (TPSA) is 28.6 Å². The van der Waals surface area contributed by atoms with E-state index in [4.69, 9.17) is 4.74 Å². The Bertz CT molecular complexity index is 709. The standard InChI is InChI=1S/C21H26FN3O/c22-19-6-4-18(5-7-19)14-24-10-2-8-21(15-24)16-25(11-12-26-17-21)20-3-1-9-23-13-20/h1,3-7,9,13H,2,8,10-12,14-17H2/t21-/m0/s1. The maximum Gasteiger partial charge on any atom is 0.123 e. The Morgan fingerprint density at radius 1 is 1.12 bits per heavy atom. The van der Waals surface area contributed by atoms with Gasteiger partial charge in [0.2, 0.25) is 0 Å². The van der Waals surface area contributed by atoms with Crippen LogP contribution in [0.4, 0.5) is 10.1 Å². The highest BCUT2D eigenvalue weighted by atomic mass is 19.1. The number of benzene rings is 1. The average molecular weight is 355 g/mol. The summed E-state index contributed by atoms with van der Waals surface area (Å²) in [6.07, 6.45) is 6.12. The summed E-state index contributed by atoms with van der Waals surface area (Å²) in [4.78, 5) is 9.19. The molecule has 1 spiro atoms. The lowest BCUT2D eigenvalue weighted by molar-refractivity contribution is 0.0106. The van der Waals surface area contributed by atoms with Crippen LogP contribution in [-0.4, -0.2) is 49.3 Å². The minimum atomic E-state index is -0.173. The van der Waals surface area contributed by atoms with Crippen molar-refractivity contribution in [1.29, 1.82) is 0 Å². The number of halogens is 1. The minimum Gasteiger partial charge on any atom is -0.379 e. The lowest BCUT2D eigenvalue weighted by atomic mass is 9.80. The summed E-state index contributed by atoms with van der Waals surface area (Å²) in [5.74, 6) is -0.173. The summed E-state index contributed by atoms with van der Waals surface area (Å²) in [6.45, 7) is 6.45. The van der Waals surface area contributed by atoms with Gasteiger partial charge in [-0.1, -0.05) is 12.1 Å². The van der Waals surface area contributed by atoms with Gasteiger partial charge in [-0.3, -0.25) is 9.88 Å². The van der Waals surface area contributed by atoms with Gasteiger partial charge in [0.1, 0.15) is 5.82 Å². The third-order valence-electron chi connectivity index (χ3n) is 5.51. The predicted molar refractivity (Wildman–Crippen MR) is 101 cm³/mol. The third kappa shape index (κ3) is 4.05. The Labute approximate surface area is 154 Å². The van der Waals surface area contributed by atoms with E-state index in [1.807, 2.05) is 30.6 Å². The van der Waals surface area contributed by atoms with Crippen LogP contribution in [0.15, 0.2) is 48.8 Å². The Hall–Kier alpha value is -1.98. The molecular weight excluding hydrogens is 329 g/mol. The van der Waals surface area contributed by atoms with Crippen molar-refractivity contribution in [3.8, 4) is 0 Å². The number of nitrogens with zero attached hydrogens (tertiary/aromatic N) is 3. The molecule has 2 aliphatic rings. The van der Waals surface area contributed by atoms with E-state index in [1.54, 1.807) is 12.1 Å². The number of likely N-dealkylation sites (tertiary alicyclic amines) is 1. The summed E-state index contributed by atoms with van der Waals surface area (Å²) in [7, 11) is 0. The van der Waals surface area contributed by atoms with Crippen molar-refractivity contribution in [2.24, 2.45) is 5.41 Å². The van der Waals surface area contributed by atoms with Crippen LogP contribution in [0.2, 0.25) is 0 Å². The van der Waals surface area contributed by atoms with E-state index >= 15 is 0 Å². The molecule has 138 valence electrons. The fourth-order valence-corrected chi connectivity index (χ4v) is 4.29. The molecule has 4 rings (SSSR count). The summed E-state index contributed by atoms with van der Waals surface area (Å²) >= 11 is 0. The average Bonchev–Trinajstić information content (AvgIpc) is 2.87. The van der Waals surface area contributed by atoms with E-state index in [-0.39, 0.29) is 11.2 Å². The zero-order valence-corrected chi connectivity index (χ0v) is 15.1. The fourth-order valence-electron chi connectivity index (χ4n) is 4.29. The first kappa shape index (κ1) is 17.4. The molecular formula is C21H26FN3O. The van der Waals surface area contributed by atoms with Gasteiger partial charge in [0.15, 0.2) is 0 Å². The monoisotopic (exact) mass is 355 g/mol. The molecule has 3 heterocycles. The van der Waals surface area contributed by atoms with E-state index in [1.165, 1.54) is 24.1 Å². The Balaban J connectivity index is 1.48. The first-order valence-electron chi connectivity index (χ1n) is 9.42. The molecule has 1 aromatic carbocycles. The van der Waals surface area contributed by atoms with Crippen molar-refractivity contribution in [1.82, 2.24) is 9.88 Å². The zero-order valence-electron chi connectivity index (χ0n) is 15.1. The summed E-state index contributed by atoms with van der Waals surface area (Å²) < 4.78 is 19.2. The Morgan fingerprint density at radius 2 is 2.00 bits per heavy atom. The Morgan fingerprint density at radius 3 is 2.81 bits per heavy atom. The Kier molecular flexibility index (Phi) is 5.18. The quantitative estimate of drug-likeness (QED) is 0.844. The molecule has 0 aliphatic carbocycles. The van der Waals surface area contributed by atoms with Crippen molar-refractivity contribution in [3.63, 3.8) is 0 Å². The number of anilines is 1. The van der Waals surface area contributed by atoms with Crippen LogP contribution < -0.4 is 4.90 Å². The number of rotatable bonds is 3. The van der Waals surface area contributed by atoms with E-state index in [0.29, 0.717) is 0 Å². The van der Waals surface area contributed by atoms with Crippen molar-refractivity contribution in [2.75, 3.05) is 44.3 Å². The molecule has 4 nitrogen and oxygen atoms in total. The molecule has 0 bridgehead atoms. The van der Waals surface area contributed by atoms with Gasteiger partial charge in [-0.05, 0) is 49.2 Å². The predicted octanol–water partition coefficient (Wildman–Crippen LogP) is 3.34. The van der Waals surface area contributed by atoms with Crippen LogP contribution in [0.1, 0.15) is 18.4 Å². The molecule has 26 heavy (non-hydrogen) atoms. The summed E-state index contributed by atoms with van der Waals surface area (Å²) in [6, 6.07) is 11.0. The number of ether oxygens (including phenoxy) is 1. The maximum absolute atomic E-state index is 13.2. The van der Waals surface area contributed by atoms with Gasteiger partial charge >= 0.3 is 0 Å². The molecule has 5 heteroatoms. The smallest absolute Gasteiger partial charge is 0.123 e. The highest BCUT2D eigenvalue weighted by Gasteiger charge is 2.39. The van der Waals surface area contributed by atoms with E-state index in [9.17, 15) is 4.39 Å². The summed E-state index contributed by atoms with van der Waals surface area (Å²) in [5.41, 5.74) is 2.49. The van der Waals surface area contributed by atoms with Crippen molar-refractivity contribution >= 4 is 5.69 Å². The normalized spacial score (nSPS) is 24.6. The SMILES string of the molecule is Fc1ccc(CN2CCC[C@]3(COCCN(c4cccnc4)C3)C2)cc1. The van der Waals surface area contributed by atoms with E-state index in [0.717, 1.165) is 45.9 Å². The van der Waals surface area contributed by atoms with Gasteiger partial charge in [0, 0.05) is 37.8 Å². The van der Waals surface area contributed by atoms with Crippen LogP contribution in [0.25, 0.3) is 0 Å². The number of aromatic nitrogens is 1. The molecule has 1 atom stereocenters. The van der Waals surface area contributed by atoms with Gasteiger partial charge in [-0.2, -0.15) is 0 Å². The molecule has 0 radical (unpaired) electrons. The molecule has 2 saturated heterocycles. The number of piperidine rings is 1. The largest absolute Gasteiger partial charge is 0.379 e. The fraction of sp³-hybridized carbons (Fsp3) is 0.476. The second kappa shape index (κ2) is 7.72.